The van der Waals surface area contributed by atoms with Crippen LogP contribution in [0.2, 0.25) is 0 Å². The second-order valence-corrected chi connectivity index (χ2v) is 2.77. The number of imide groups is 2. The Balaban J connectivity index is 2.32. The lowest BCUT2D eigenvalue weighted by Crippen LogP contribution is -2.51. The van der Waals surface area contributed by atoms with E-state index in [0.717, 1.165) is 0 Å². The fraction of sp³-hybridized carbons (Fsp3) is 0. The molecule has 0 aromatic carbocycles. The number of nitrogens with zero attached hydrogens (tertiary/aromatic N) is 1. The molecule has 7 nitrogen and oxygen atoms in total. The molecule has 15 heavy (non-hydrogen) atoms. The summed E-state index contributed by atoms with van der Waals surface area (Å²) < 4.78 is 0. The molecule has 3 N–H and O–H groups in total. The lowest BCUT2D eigenvalue weighted by atomic mass is 10.2. The molecular weight excluding hydrogens is 200 g/mol. The van der Waals surface area contributed by atoms with E-state index in [2.05, 4.69) is 9.97 Å². The summed E-state index contributed by atoms with van der Waals surface area (Å²) in [5.74, 6) is -1.11. The van der Waals surface area contributed by atoms with Crippen LogP contribution in [-0.4, -0.2) is 27.8 Å². The number of rotatable bonds is 1. The normalized spacial score (nSPS) is 16.0. The van der Waals surface area contributed by atoms with Crippen molar-refractivity contribution in [3.8, 4) is 0 Å². The Hall–Kier alpha value is -2.44. The number of nitrogens with one attached hydrogen (secondary N) is 3. The molecule has 1 fully saturated rings. The summed E-state index contributed by atoms with van der Waals surface area (Å²) in [7, 11) is 0. The van der Waals surface area contributed by atoms with Gasteiger partial charge >= 0.3 is 6.03 Å². The summed E-state index contributed by atoms with van der Waals surface area (Å²) in [4.78, 5) is 39.7. The average Bonchev–Trinajstić information content (AvgIpc) is 2.63. The van der Waals surface area contributed by atoms with Gasteiger partial charge in [0.15, 0.2) is 0 Å². The van der Waals surface area contributed by atoms with E-state index < -0.39 is 17.8 Å². The molecule has 0 radical (unpaired) electrons. The van der Waals surface area contributed by atoms with Gasteiger partial charge in [0.2, 0.25) is 0 Å². The minimum absolute atomic E-state index is 0.162. The van der Waals surface area contributed by atoms with Gasteiger partial charge in [-0.25, -0.2) is 9.78 Å². The van der Waals surface area contributed by atoms with Gasteiger partial charge in [-0.05, 0) is 6.08 Å². The summed E-state index contributed by atoms with van der Waals surface area (Å²) >= 11 is 0. The van der Waals surface area contributed by atoms with E-state index in [1.165, 1.54) is 12.3 Å². The zero-order chi connectivity index (χ0) is 10.8. The first-order chi connectivity index (χ1) is 7.16. The van der Waals surface area contributed by atoms with Crippen LogP contribution in [0.25, 0.3) is 6.08 Å². The van der Waals surface area contributed by atoms with E-state index in [-0.39, 0.29) is 5.57 Å². The maximum Gasteiger partial charge on any atom is 0.328 e. The molecule has 1 aromatic heterocycles. The molecule has 1 saturated heterocycles. The van der Waals surface area contributed by atoms with E-state index in [9.17, 15) is 14.4 Å². The largest absolute Gasteiger partial charge is 0.345 e. The number of H-pyrrole nitrogens is 1. The molecule has 0 unspecified atom stereocenters. The maximum atomic E-state index is 11.2. The Morgan fingerprint density at radius 3 is 2.33 bits per heavy atom. The van der Waals surface area contributed by atoms with E-state index in [0.29, 0.717) is 5.82 Å². The Bertz CT molecular complexity index is 438. The third kappa shape index (κ3) is 1.75. The zero-order valence-electron chi connectivity index (χ0n) is 7.40. The lowest BCUT2D eigenvalue weighted by molar-refractivity contribution is -0.123. The first-order valence-electron chi connectivity index (χ1n) is 4.04. The highest BCUT2D eigenvalue weighted by atomic mass is 16.2. The van der Waals surface area contributed by atoms with E-state index in [1.54, 1.807) is 6.20 Å². The van der Waals surface area contributed by atoms with Crippen LogP contribution < -0.4 is 10.6 Å². The molecule has 1 aliphatic rings. The molecule has 2 rings (SSSR count). The highest BCUT2D eigenvalue weighted by molar-refractivity contribution is 6.30. The fourth-order valence-electron chi connectivity index (χ4n) is 1.10. The first-order valence-corrected chi connectivity index (χ1v) is 4.04. The number of aromatic nitrogens is 2. The molecule has 1 aliphatic heterocycles. The molecular formula is C8H6N4O3. The predicted octanol–water partition coefficient (Wildman–Crippen LogP) is -0.841. The van der Waals surface area contributed by atoms with Gasteiger partial charge in [0.05, 0.1) is 0 Å². The lowest BCUT2D eigenvalue weighted by Gasteiger charge is -2.13. The van der Waals surface area contributed by atoms with Gasteiger partial charge in [0, 0.05) is 12.4 Å². The van der Waals surface area contributed by atoms with E-state index in [4.69, 9.17) is 0 Å². The van der Waals surface area contributed by atoms with Crippen molar-refractivity contribution in [2.24, 2.45) is 0 Å². The topological polar surface area (TPSA) is 104 Å². The van der Waals surface area contributed by atoms with Crippen molar-refractivity contribution < 1.29 is 14.4 Å². The molecule has 1 aromatic rings. The quantitative estimate of drug-likeness (QED) is 0.411. The van der Waals surface area contributed by atoms with Crippen LogP contribution in [0.15, 0.2) is 18.0 Å². The number of urea groups is 1. The Morgan fingerprint density at radius 2 is 1.80 bits per heavy atom. The summed E-state index contributed by atoms with van der Waals surface area (Å²) in [5.41, 5.74) is -0.162. The monoisotopic (exact) mass is 206 g/mol. The number of hydrogen-bond acceptors (Lipinski definition) is 4. The number of barbiturate groups is 1. The molecule has 4 amide bonds. The van der Waals surface area contributed by atoms with Gasteiger partial charge in [0.1, 0.15) is 11.4 Å². The van der Waals surface area contributed by atoms with Crippen LogP contribution >= 0.6 is 0 Å². The van der Waals surface area contributed by atoms with Crippen molar-refractivity contribution in [2.75, 3.05) is 0 Å². The highest BCUT2D eigenvalue weighted by Crippen LogP contribution is 2.05. The molecule has 0 bridgehead atoms. The minimum atomic E-state index is -0.818. The van der Waals surface area contributed by atoms with Crippen LogP contribution in [0.5, 0.6) is 0 Å². The Morgan fingerprint density at radius 1 is 1.13 bits per heavy atom. The SMILES string of the molecule is O=C1NC(=O)C(=Cc2ncc[nH]2)C(=O)N1. The van der Waals surface area contributed by atoms with Crippen LogP contribution in [0.1, 0.15) is 5.82 Å². The number of carbonyl (C=O) groups excluding carboxylic acids is 3. The molecule has 0 spiro atoms. The second kappa shape index (κ2) is 3.37. The minimum Gasteiger partial charge on any atom is -0.345 e. The number of carbonyl (C=O) groups is 3. The highest BCUT2D eigenvalue weighted by Gasteiger charge is 2.27. The zero-order valence-corrected chi connectivity index (χ0v) is 7.40. The van der Waals surface area contributed by atoms with Crippen LogP contribution in [0, 0.1) is 0 Å². The number of imidazole rings is 1. The van der Waals surface area contributed by atoms with Crippen LogP contribution in [-0.2, 0) is 9.59 Å². The van der Waals surface area contributed by atoms with Crippen molar-refractivity contribution in [3.05, 3.63) is 23.8 Å². The predicted molar refractivity (Wildman–Crippen MR) is 48.2 cm³/mol. The summed E-state index contributed by atoms with van der Waals surface area (Å²) in [6, 6.07) is -0.818. The van der Waals surface area contributed by atoms with Crippen molar-refractivity contribution in [3.63, 3.8) is 0 Å². The standard InChI is InChI=1S/C8H6N4O3/c13-6-4(3-5-9-1-2-10-5)7(14)12-8(15)11-6/h1-3H,(H,9,10)(H2,11,12,13,14,15). The van der Waals surface area contributed by atoms with E-state index >= 15 is 0 Å². The number of amides is 4. The summed E-state index contributed by atoms with van der Waals surface area (Å²) in [6.45, 7) is 0. The van der Waals surface area contributed by atoms with Crippen molar-refractivity contribution in [2.45, 2.75) is 0 Å². The summed E-state index contributed by atoms with van der Waals surface area (Å²) in [5, 5.41) is 3.90. The van der Waals surface area contributed by atoms with Gasteiger partial charge in [-0.15, -0.1) is 0 Å². The van der Waals surface area contributed by atoms with Crippen molar-refractivity contribution in [1.29, 1.82) is 0 Å². The maximum absolute atomic E-state index is 11.2. The third-order valence-corrected chi connectivity index (χ3v) is 1.74. The molecule has 76 valence electrons. The molecule has 0 atom stereocenters. The van der Waals surface area contributed by atoms with Gasteiger partial charge in [-0.2, -0.15) is 0 Å². The smallest absolute Gasteiger partial charge is 0.328 e. The molecule has 0 saturated carbocycles. The van der Waals surface area contributed by atoms with Gasteiger partial charge in [-0.1, -0.05) is 0 Å². The average molecular weight is 206 g/mol. The van der Waals surface area contributed by atoms with Crippen molar-refractivity contribution >= 4 is 23.9 Å². The van der Waals surface area contributed by atoms with Crippen LogP contribution in [0.4, 0.5) is 4.79 Å². The van der Waals surface area contributed by atoms with Crippen molar-refractivity contribution in [1.82, 2.24) is 20.6 Å². The Kier molecular flexibility index (Phi) is 2.05. The van der Waals surface area contributed by atoms with E-state index in [1.807, 2.05) is 10.6 Å². The molecule has 2 heterocycles. The van der Waals surface area contributed by atoms with Gasteiger partial charge in [0.25, 0.3) is 11.8 Å². The number of aromatic amines is 1. The van der Waals surface area contributed by atoms with Gasteiger partial charge in [-0.3, -0.25) is 20.2 Å². The molecule has 0 aliphatic carbocycles. The summed E-state index contributed by atoms with van der Waals surface area (Å²) in [6.07, 6.45) is 4.30. The Labute approximate surface area is 83.6 Å². The number of hydrogen-bond donors (Lipinski definition) is 3. The van der Waals surface area contributed by atoms with Crippen LogP contribution in [0.3, 0.4) is 0 Å². The third-order valence-electron chi connectivity index (χ3n) is 1.74. The second-order valence-electron chi connectivity index (χ2n) is 2.77. The first kappa shape index (κ1) is 9.13. The molecule has 7 heteroatoms. The van der Waals surface area contributed by atoms with Gasteiger partial charge < -0.3 is 4.98 Å². The fourth-order valence-corrected chi connectivity index (χ4v) is 1.10.